The lowest BCUT2D eigenvalue weighted by atomic mass is 10.0. The van der Waals surface area contributed by atoms with Crippen LogP contribution in [0.3, 0.4) is 0 Å². The van der Waals surface area contributed by atoms with Crippen molar-refractivity contribution in [2.75, 3.05) is 16.4 Å². The van der Waals surface area contributed by atoms with Crippen LogP contribution in [0.2, 0.25) is 0 Å². The minimum atomic E-state index is -3.75. The number of nitrogens with zero attached hydrogens (tertiary/aromatic N) is 3. The molecule has 0 atom stereocenters. The molecule has 1 aliphatic carbocycles. The average Bonchev–Trinajstić information content (AvgIpc) is 4.09. The average molecular weight is 959 g/mol. The number of H-pyrrole nitrogens is 1. The van der Waals surface area contributed by atoms with E-state index in [9.17, 15) is 50.0 Å². The number of pyridine rings is 2. The molecule has 19 heteroatoms. The number of amides is 2. The highest BCUT2D eigenvalue weighted by Crippen LogP contribution is 2.39. The zero-order valence-corrected chi connectivity index (χ0v) is 37.3. The molecule has 1 fully saturated rings. The van der Waals surface area contributed by atoms with Gasteiger partial charge in [0.2, 0.25) is 18.5 Å². The number of ketones is 1. The first-order valence-corrected chi connectivity index (χ1v) is 23.0. The summed E-state index contributed by atoms with van der Waals surface area (Å²) < 4.78 is 92.7. The van der Waals surface area contributed by atoms with Gasteiger partial charge >= 0.3 is 5.63 Å². The maximum Gasteiger partial charge on any atom is 0.362 e. The molecule has 0 bridgehead atoms. The van der Waals surface area contributed by atoms with Crippen LogP contribution in [-0.4, -0.2) is 57.1 Å². The molecular weight excluding hydrogens is 921 g/mol. The molecule has 69 heavy (non-hydrogen) atoms. The molecule has 1 aliphatic rings. The largest absolute Gasteiger partial charge is 0.402 e. The molecule has 9 aromatic rings. The maximum absolute atomic E-state index is 14.9. The van der Waals surface area contributed by atoms with E-state index in [1.54, 1.807) is 31.2 Å². The molecule has 10 rings (SSSR count). The number of hydrogen-bond acceptors (Lipinski definition) is 9. The van der Waals surface area contributed by atoms with E-state index in [-0.39, 0.29) is 63.3 Å². The summed E-state index contributed by atoms with van der Waals surface area (Å²) in [7, 11) is -3.75. The smallest absolute Gasteiger partial charge is 0.362 e. The molecule has 4 aromatic carbocycles. The number of nitrogens with one attached hydrogen (secondary N) is 3. The van der Waals surface area contributed by atoms with Crippen LogP contribution in [0.1, 0.15) is 45.6 Å². The summed E-state index contributed by atoms with van der Waals surface area (Å²) in [4.78, 5) is 67.9. The number of hydrogen-bond donors (Lipinski definition) is 3. The molecule has 3 N–H and O–H groups in total. The van der Waals surface area contributed by atoms with Gasteiger partial charge in [-0.25, -0.2) is 35.8 Å². The van der Waals surface area contributed by atoms with Gasteiger partial charge in [-0.15, -0.1) is 0 Å². The van der Waals surface area contributed by atoms with E-state index < -0.39 is 61.1 Å². The van der Waals surface area contributed by atoms with E-state index in [1.807, 2.05) is 0 Å². The zero-order chi connectivity index (χ0) is 48.9. The van der Waals surface area contributed by atoms with E-state index in [1.165, 1.54) is 83.0 Å². The van der Waals surface area contributed by atoms with Gasteiger partial charge < -0.3 is 29.2 Å². The number of carbonyl (C=O) groups excluding carboxylic acids is 3. The third-order valence-corrected chi connectivity index (χ3v) is 14.2. The summed E-state index contributed by atoms with van der Waals surface area (Å²) in [6.07, 6.45) is 4.78. The topological polar surface area (TPSA) is 195 Å². The first-order valence-electron chi connectivity index (χ1n) is 21.3. The molecule has 1 saturated carbocycles. The zero-order valence-electron chi connectivity index (χ0n) is 36.5. The lowest BCUT2D eigenvalue weighted by Gasteiger charge is -2.14. The van der Waals surface area contributed by atoms with Crippen LogP contribution in [0, 0.1) is 37.1 Å². The van der Waals surface area contributed by atoms with Crippen LogP contribution in [0.25, 0.3) is 54.9 Å². The van der Waals surface area contributed by atoms with E-state index in [0.29, 0.717) is 69.7 Å². The van der Waals surface area contributed by atoms with Crippen LogP contribution in [0.5, 0.6) is 0 Å². The van der Waals surface area contributed by atoms with Gasteiger partial charge in [0.1, 0.15) is 34.5 Å². The predicted molar refractivity (Wildman–Crippen MR) is 252 cm³/mol. The van der Waals surface area contributed by atoms with Crippen LogP contribution in [-0.2, 0) is 32.5 Å². The van der Waals surface area contributed by atoms with E-state index >= 15 is 0 Å². The molecule has 0 spiro atoms. The number of sulfone groups is 1. The van der Waals surface area contributed by atoms with Gasteiger partial charge in [-0.1, -0.05) is 0 Å². The lowest BCUT2D eigenvalue weighted by Crippen LogP contribution is -2.23. The third kappa shape index (κ3) is 8.67. The van der Waals surface area contributed by atoms with E-state index in [2.05, 4.69) is 20.6 Å². The molecule has 0 aliphatic heterocycles. The Bertz CT molecular complexity index is 3840. The Labute approximate surface area is 388 Å². The summed E-state index contributed by atoms with van der Waals surface area (Å²) >= 11 is 0. The van der Waals surface area contributed by atoms with Gasteiger partial charge in [0.05, 0.1) is 35.1 Å². The number of rotatable bonds is 13. The molecule has 5 heterocycles. The van der Waals surface area contributed by atoms with Gasteiger partial charge in [-0.3, -0.25) is 19.2 Å². The fourth-order valence-electron chi connectivity index (χ4n) is 8.59. The van der Waals surface area contributed by atoms with Crippen LogP contribution >= 0.6 is 0 Å². The second kappa shape index (κ2) is 18.1. The Balaban J connectivity index is 0.000000175. The monoisotopic (exact) mass is 958 g/mol. The van der Waals surface area contributed by atoms with Crippen molar-refractivity contribution < 1.29 is 44.8 Å². The highest BCUT2D eigenvalue weighted by atomic mass is 32.2. The summed E-state index contributed by atoms with van der Waals surface area (Å²) in [6, 6.07) is 20.2. The minimum absolute atomic E-state index is 0.0577. The molecule has 14 nitrogen and oxygen atoms in total. The molecule has 2 amide bonds. The standard InChI is InChI=1S/C27H23F2N3O5S.C23H15F2N3O3/c1-15-9-20-23(11-22(15)29)32(12-16-10-17(31-14-33)4-7-21(16)28)26(24(34)13-38(36,37)18-5-6-18)25(20)19-3-2-8-30-27(19)35;1-12-7-16-19(9-18(12)25)28(10-13-8-14(27-11-29)4-5-17(13)24)21-20(16)15-3-2-6-26-22(15)31-23(21)30/h2-4,7-11,14,18H,5-6,12-13H2,1H3,(H,30,35)(H,31,33);2-9,11H,10H2,1H3,(H,27,29). The number of benzene rings is 4. The highest BCUT2D eigenvalue weighted by molar-refractivity contribution is 7.93. The summed E-state index contributed by atoms with van der Waals surface area (Å²) in [5.41, 5.74) is 1.51. The van der Waals surface area contributed by atoms with Gasteiger partial charge in [0, 0.05) is 67.6 Å². The Morgan fingerprint density at radius 1 is 0.768 bits per heavy atom. The quantitative estimate of drug-likeness (QED) is 0.0577. The van der Waals surface area contributed by atoms with Crippen molar-refractivity contribution in [3.05, 3.63) is 169 Å². The van der Waals surface area contributed by atoms with Crippen molar-refractivity contribution >= 4 is 83.6 Å². The SMILES string of the molecule is Cc1cc2c(-c3ccc[nH]c3=O)c(C(=O)CS(=O)(=O)C3CC3)n(Cc3cc(NC=O)ccc3F)c2cc1F.Cc1cc2c3c4cccnc4oc(=O)c3n(Cc3cc(NC=O)ccc3F)c2cc1F. The first kappa shape index (κ1) is 45.9. The molecule has 0 unspecified atom stereocenters. The van der Waals surface area contributed by atoms with Gasteiger partial charge in [0.15, 0.2) is 15.6 Å². The number of carbonyl (C=O) groups is 3. The lowest BCUT2D eigenvalue weighted by molar-refractivity contribution is -0.106. The van der Waals surface area contributed by atoms with E-state index in [0.717, 1.165) is 6.07 Å². The molecular formula is C50H38F4N6O8S. The number of aromatic amines is 1. The minimum Gasteiger partial charge on any atom is -0.402 e. The Morgan fingerprint density at radius 3 is 1.96 bits per heavy atom. The molecule has 5 aromatic heterocycles. The Kier molecular flexibility index (Phi) is 12.1. The van der Waals surface area contributed by atoms with Crippen LogP contribution in [0.15, 0.2) is 111 Å². The van der Waals surface area contributed by atoms with Crippen molar-refractivity contribution in [1.29, 1.82) is 0 Å². The van der Waals surface area contributed by atoms with Crippen molar-refractivity contribution in [3.63, 3.8) is 0 Å². The van der Waals surface area contributed by atoms with Crippen LogP contribution in [0.4, 0.5) is 28.9 Å². The molecule has 0 saturated heterocycles. The predicted octanol–water partition coefficient (Wildman–Crippen LogP) is 8.46. The van der Waals surface area contributed by atoms with Crippen molar-refractivity contribution in [1.82, 2.24) is 19.1 Å². The fourth-order valence-corrected chi connectivity index (χ4v) is 10.2. The highest BCUT2D eigenvalue weighted by Gasteiger charge is 2.39. The van der Waals surface area contributed by atoms with Crippen molar-refractivity contribution in [3.8, 4) is 11.1 Å². The number of halogens is 4. The maximum atomic E-state index is 14.9. The van der Waals surface area contributed by atoms with Gasteiger partial charge in [0.25, 0.3) is 5.56 Å². The van der Waals surface area contributed by atoms with Crippen LogP contribution < -0.4 is 21.8 Å². The fraction of sp³-hybridized carbons (Fsp3) is 0.160. The number of aromatic nitrogens is 4. The Hall–Kier alpha value is -8.19. The summed E-state index contributed by atoms with van der Waals surface area (Å²) in [6.45, 7) is 2.80. The van der Waals surface area contributed by atoms with Crippen molar-refractivity contribution in [2.45, 2.75) is 45.0 Å². The normalized spacial score (nSPS) is 12.6. The number of fused-ring (bicyclic) bond motifs is 6. The summed E-state index contributed by atoms with van der Waals surface area (Å²) in [5.74, 6) is -3.80. The van der Waals surface area contributed by atoms with E-state index in [4.69, 9.17) is 4.42 Å². The second-order valence-corrected chi connectivity index (χ2v) is 18.9. The number of anilines is 2. The Morgan fingerprint density at radius 2 is 1.36 bits per heavy atom. The van der Waals surface area contributed by atoms with Crippen molar-refractivity contribution in [2.24, 2.45) is 0 Å². The number of Topliss-reactive ketones (excluding diaryl/α,β-unsaturated/α-hetero) is 1. The summed E-state index contributed by atoms with van der Waals surface area (Å²) in [5, 5.41) is 6.46. The molecule has 350 valence electrons. The second-order valence-electron chi connectivity index (χ2n) is 16.6. The first-order chi connectivity index (χ1) is 33.1. The molecule has 0 radical (unpaired) electrons. The number of aryl methyl sites for hydroxylation is 2. The van der Waals surface area contributed by atoms with Gasteiger partial charge in [-0.2, -0.15) is 0 Å². The van der Waals surface area contributed by atoms with Gasteiger partial charge in [-0.05, 0) is 123 Å². The third-order valence-electron chi connectivity index (χ3n) is 12.0.